The fourth-order valence-corrected chi connectivity index (χ4v) is 12.9. The molecule has 4 heterocycles. The molecule has 0 bridgehead atoms. The van der Waals surface area contributed by atoms with Gasteiger partial charge in [-0.05, 0) is 149 Å². The number of carboxylic acids is 1. The van der Waals surface area contributed by atoms with Crippen LogP contribution in [-0.2, 0) is 64.3 Å². The van der Waals surface area contributed by atoms with Gasteiger partial charge in [0.1, 0.15) is 23.2 Å². The second-order valence-electron chi connectivity index (χ2n) is 20.9. The summed E-state index contributed by atoms with van der Waals surface area (Å²) in [5.41, 5.74) is 11.0. The number of hydrogen-bond donors (Lipinski definition) is 1. The van der Waals surface area contributed by atoms with Gasteiger partial charge in [0.05, 0.1) is 61.2 Å². The summed E-state index contributed by atoms with van der Waals surface area (Å²) in [4.78, 5) is 65.8. The number of amides is 2. The molecular formula is C57H63FN6O8. The van der Waals surface area contributed by atoms with Gasteiger partial charge in [-0.25, -0.2) is 23.9 Å². The maximum absolute atomic E-state index is 15.1. The van der Waals surface area contributed by atoms with Gasteiger partial charge >= 0.3 is 24.1 Å². The van der Waals surface area contributed by atoms with Gasteiger partial charge < -0.3 is 38.3 Å². The standard InChI is InChI=1S/C57H63FN6O8/c1-33(29-41-7-4-5-9-46(41)58)63-47-23-19-34-25-27-61(56(68)70-2)31-44(34)50(47)59-52(63)36-13-17-39(18-14-36)55(67)72-49-10-6-8-40-30-42(21-22-43(40)49)64-48-24-20-35-26-28-62(57(69)71-3)32-45(35)51(48)60-53(64)37-11-15-38(16-12-37)54(65)66/h4-10,19-20,23-24,33,36-39,42H,11-18,21-22,25-32H2,1-3H3,(H,65,66)/t33-,36?,37?,38?,39?,42-/m0/s1. The van der Waals surface area contributed by atoms with Gasteiger partial charge in [-0.1, -0.05) is 42.5 Å². The Morgan fingerprint density at radius 3 is 1.90 bits per heavy atom. The van der Waals surface area contributed by atoms with Gasteiger partial charge in [0.2, 0.25) is 0 Å². The van der Waals surface area contributed by atoms with Crippen molar-refractivity contribution in [3.05, 3.63) is 123 Å². The molecule has 2 saturated carbocycles. The molecule has 3 aliphatic carbocycles. The third kappa shape index (κ3) is 8.76. The monoisotopic (exact) mass is 978 g/mol. The van der Waals surface area contributed by atoms with Crippen molar-refractivity contribution in [3.8, 4) is 5.75 Å². The van der Waals surface area contributed by atoms with E-state index in [0.717, 1.165) is 100 Å². The molecule has 1 N–H and O–H groups in total. The van der Waals surface area contributed by atoms with Gasteiger partial charge in [-0.15, -0.1) is 0 Å². The lowest BCUT2D eigenvalue weighted by Gasteiger charge is -2.32. The Bertz CT molecular complexity index is 3090. The number of fused-ring (bicyclic) bond motifs is 7. The second kappa shape index (κ2) is 19.7. The van der Waals surface area contributed by atoms with E-state index in [0.29, 0.717) is 88.9 Å². The van der Waals surface area contributed by atoms with Crippen LogP contribution in [0.25, 0.3) is 22.1 Å². The van der Waals surface area contributed by atoms with Gasteiger partial charge in [0, 0.05) is 48.1 Å². The third-order valence-corrected chi connectivity index (χ3v) is 16.8. The molecule has 0 spiro atoms. The van der Waals surface area contributed by atoms with Crippen LogP contribution in [0.2, 0.25) is 0 Å². The van der Waals surface area contributed by atoms with E-state index in [9.17, 15) is 24.3 Å². The van der Waals surface area contributed by atoms with E-state index in [-0.39, 0.29) is 59.7 Å². The molecule has 2 aromatic heterocycles. The molecule has 0 radical (unpaired) electrons. The van der Waals surface area contributed by atoms with Crippen molar-refractivity contribution in [3.63, 3.8) is 0 Å². The normalized spacial score (nSPS) is 22.4. The summed E-state index contributed by atoms with van der Waals surface area (Å²) in [5, 5.41) is 9.82. The minimum atomic E-state index is -0.733. The summed E-state index contributed by atoms with van der Waals surface area (Å²) in [6.07, 6.45) is 8.91. The molecule has 0 unspecified atom stereocenters. The molecule has 2 atom stereocenters. The first kappa shape index (κ1) is 47.5. The zero-order valence-electron chi connectivity index (χ0n) is 41.4. The second-order valence-corrected chi connectivity index (χ2v) is 20.9. The zero-order valence-corrected chi connectivity index (χ0v) is 41.4. The number of aliphatic carboxylic acids is 1. The molecule has 4 aromatic carbocycles. The maximum Gasteiger partial charge on any atom is 0.409 e. The largest absolute Gasteiger partial charge is 0.481 e. The number of benzene rings is 4. The van der Waals surface area contributed by atoms with Gasteiger partial charge in [0.25, 0.3) is 0 Å². The van der Waals surface area contributed by atoms with E-state index < -0.39 is 5.97 Å². The molecule has 2 fully saturated rings. The molecular weight excluding hydrogens is 916 g/mol. The molecule has 5 aliphatic rings. The smallest absolute Gasteiger partial charge is 0.409 e. The fourth-order valence-electron chi connectivity index (χ4n) is 12.9. The number of carbonyl (C=O) groups excluding carboxylic acids is 3. The highest BCUT2D eigenvalue weighted by Crippen LogP contribution is 2.45. The topological polar surface area (TPSA) is 158 Å². The first-order valence-electron chi connectivity index (χ1n) is 26.0. The highest BCUT2D eigenvalue weighted by molar-refractivity contribution is 5.84. The molecule has 376 valence electrons. The Kier molecular flexibility index (Phi) is 13.0. The molecule has 15 heteroatoms. The van der Waals surface area contributed by atoms with Crippen molar-refractivity contribution in [1.82, 2.24) is 28.9 Å². The van der Waals surface area contributed by atoms with E-state index in [1.54, 1.807) is 15.9 Å². The molecule has 0 saturated heterocycles. The van der Waals surface area contributed by atoms with E-state index in [1.165, 1.54) is 25.8 Å². The van der Waals surface area contributed by atoms with Crippen LogP contribution in [-0.4, -0.2) is 85.4 Å². The summed E-state index contributed by atoms with van der Waals surface area (Å²) in [6.45, 7) is 4.08. The van der Waals surface area contributed by atoms with Crippen molar-refractivity contribution in [2.75, 3.05) is 27.3 Å². The zero-order chi connectivity index (χ0) is 49.8. The van der Waals surface area contributed by atoms with Crippen LogP contribution >= 0.6 is 0 Å². The van der Waals surface area contributed by atoms with Crippen LogP contribution < -0.4 is 4.74 Å². The molecule has 11 rings (SSSR count). The number of esters is 1. The third-order valence-electron chi connectivity index (χ3n) is 16.8. The molecule has 2 amide bonds. The van der Waals surface area contributed by atoms with Crippen molar-refractivity contribution >= 4 is 46.2 Å². The van der Waals surface area contributed by atoms with Crippen LogP contribution in [0.5, 0.6) is 5.75 Å². The minimum absolute atomic E-state index is 0.0653. The molecule has 2 aliphatic heterocycles. The first-order valence-corrected chi connectivity index (χ1v) is 26.0. The lowest BCUT2D eigenvalue weighted by atomic mass is 9.81. The van der Waals surface area contributed by atoms with Crippen LogP contribution in [0.3, 0.4) is 0 Å². The number of imidazole rings is 2. The van der Waals surface area contributed by atoms with Gasteiger partial charge in [-0.2, -0.15) is 0 Å². The van der Waals surface area contributed by atoms with E-state index in [1.807, 2.05) is 24.3 Å². The number of halogens is 1. The fraction of sp³-hybridized carbons (Fsp3) is 0.474. The highest BCUT2D eigenvalue weighted by Gasteiger charge is 2.37. The number of nitrogens with zero attached hydrogens (tertiary/aromatic N) is 6. The van der Waals surface area contributed by atoms with Crippen LogP contribution in [0.15, 0.2) is 66.7 Å². The number of carboxylic acid groups (broad SMARTS) is 1. The number of methoxy groups -OCH3 is 2. The average molecular weight is 979 g/mol. The predicted octanol–water partition coefficient (Wildman–Crippen LogP) is 10.5. The van der Waals surface area contributed by atoms with E-state index in [2.05, 4.69) is 46.4 Å². The minimum Gasteiger partial charge on any atom is -0.481 e. The average Bonchev–Trinajstić information content (AvgIpc) is 4.01. The number of carbonyl (C=O) groups is 4. The van der Waals surface area contributed by atoms with E-state index >= 15 is 4.39 Å². The summed E-state index contributed by atoms with van der Waals surface area (Å²) >= 11 is 0. The summed E-state index contributed by atoms with van der Waals surface area (Å²) in [6, 6.07) is 21.5. The number of ether oxygens (including phenoxy) is 3. The predicted molar refractivity (Wildman–Crippen MR) is 267 cm³/mol. The Hall–Kier alpha value is -6.77. The Morgan fingerprint density at radius 2 is 1.26 bits per heavy atom. The summed E-state index contributed by atoms with van der Waals surface area (Å²) in [7, 11) is 2.81. The summed E-state index contributed by atoms with van der Waals surface area (Å²) < 4.78 is 36.4. The highest BCUT2D eigenvalue weighted by atomic mass is 19.1. The Morgan fingerprint density at radius 1 is 0.667 bits per heavy atom. The van der Waals surface area contributed by atoms with Gasteiger partial charge in [0.15, 0.2) is 0 Å². The lowest BCUT2D eigenvalue weighted by Crippen LogP contribution is -2.35. The van der Waals surface area contributed by atoms with Crippen molar-refractivity contribution in [2.45, 2.75) is 134 Å². The summed E-state index contributed by atoms with van der Waals surface area (Å²) in [5.74, 6) is 0.912. The first-order chi connectivity index (χ1) is 35.0. The number of rotatable bonds is 9. The molecule has 72 heavy (non-hydrogen) atoms. The molecule has 6 aromatic rings. The number of hydrogen-bond acceptors (Lipinski definition) is 9. The van der Waals surface area contributed by atoms with Crippen molar-refractivity contribution in [1.29, 1.82) is 0 Å². The lowest BCUT2D eigenvalue weighted by molar-refractivity contribution is -0.143. The van der Waals surface area contributed by atoms with E-state index in [4.69, 9.17) is 24.2 Å². The van der Waals surface area contributed by atoms with Crippen LogP contribution in [0.1, 0.15) is 139 Å². The number of aromatic nitrogens is 4. The van der Waals surface area contributed by atoms with Crippen LogP contribution in [0.4, 0.5) is 14.0 Å². The maximum atomic E-state index is 15.1. The molecule has 14 nitrogen and oxygen atoms in total. The Labute approximate surface area is 418 Å². The SMILES string of the molecule is COC(=O)N1CCc2ccc3c(nc(C4CCC(C(=O)O)CC4)n3[C@H]3CCc4c(cccc4OC(=O)C4CCC(c5nc6c7c(ccc6n5[C@@H](C)Cc5ccccc5F)CCN(C(=O)OC)C7)CC4)C3)c2C1. The Balaban J connectivity index is 0.826. The quantitative estimate of drug-likeness (QED) is 0.109. The van der Waals surface area contributed by atoms with Gasteiger partial charge in [-0.3, -0.25) is 9.59 Å². The van der Waals surface area contributed by atoms with Crippen molar-refractivity contribution < 1.29 is 42.9 Å². The van der Waals surface area contributed by atoms with Crippen LogP contribution in [0, 0.1) is 17.7 Å². The van der Waals surface area contributed by atoms with Crippen molar-refractivity contribution in [2.24, 2.45) is 11.8 Å².